The standard InChI is InChI=1S/C18H20N4O3S/c1-3-25-17-6-4-5-7-18(17)26(23,24)21-11-14-8-9-16(19-10-14)15-12-20-22(2)13-15/h4-10,12-13,21H,3,11H2,1-2H3. The Morgan fingerprint density at radius 1 is 1.15 bits per heavy atom. The van der Waals surface area contributed by atoms with Crippen LogP contribution in [0, 0.1) is 0 Å². The molecule has 0 saturated carbocycles. The van der Waals surface area contributed by atoms with E-state index in [1.165, 1.54) is 6.07 Å². The third-order valence-corrected chi connectivity index (χ3v) is 5.17. The molecule has 0 bridgehead atoms. The highest BCUT2D eigenvalue weighted by molar-refractivity contribution is 7.89. The molecule has 0 unspecified atom stereocenters. The zero-order chi connectivity index (χ0) is 18.6. The number of sulfonamides is 1. The molecule has 2 heterocycles. The van der Waals surface area contributed by atoms with Crippen LogP contribution in [0.25, 0.3) is 11.3 Å². The summed E-state index contributed by atoms with van der Waals surface area (Å²) in [5, 5.41) is 4.11. The molecule has 26 heavy (non-hydrogen) atoms. The van der Waals surface area contributed by atoms with Crippen molar-refractivity contribution in [3.8, 4) is 17.0 Å². The van der Waals surface area contributed by atoms with Crippen molar-refractivity contribution in [1.82, 2.24) is 19.5 Å². The first-order valence-electron chi connectivity index (χ1n) is 8.15. The summed E-state index contributed by atoms with van der Waals surface area (Å²) < 4.78 is 34.8. The number of aromatic nitrogens is 3. The Kier molecular flexibility index (Phi) is 5.34. The molecule has 3 aromatic rings. The summed E-state index contributed by atoms with van der Waals surface area (Å²) in [7, 11) is -1.85. The van der Waals surface area contributed by atoms with E-state index in [0.29, 0.717) is 12.4 Å². The molecule has 2 aromatic heterocycles. The van der Waals surface area contributed by atoms with Gasteiger partial charge in [0.2, 0.25) is 10.0 Å². The average molecular weight is 372 g/mol. The smallest absolute Gasteiger partial charge is 0.244 e. The van der Waals surface area contributed by atoms with Crippen LogP contribution in [0.3, 0.4) is 0 Å². The van der Waals surface area contributed by atoms with Crippen molar-refractivity contribution in [2.45, 2.75) is 18.4 Å². The summed E-state index contributed by atoms with van der Waals surface area (Å²) in [5.41, 5.74) is 2.45. The molecule has 0 spiro atoms. The molecular weight excluding hydrogens is 352 g/mol. The van der Waals surface area contributed by atoms with Gasteiger partial charge in [-0.2, -0.15) is 5.10 Å². The minimum absolute atomic E-state index is 0.127. The van der Waals surface area contributed by atoms with E-state index in [4.69, 9.17) is 4.74 Å². The Hall–Kier alpha value is -2.71. The number of hydrogen-bond acceptors (Lipinski definition) is 5. The van der Waals surface area contributed by atoms with E-state index in [0.717, 1.165) is 16.8 Å². The molecule has 0 atom stereocenters. The van der Waals surface area contributed by atoms with Crippen LogP contribution < -0.4 is 9.46 Å². The number of rotatable bonds is 7. The van der Waals surface area contributed by atoms with Gasteiger partial charge in [-0.3, -0.25) is 9.67 Å². The molecule has 7 nitrogen and oxygen atoms in total. The number of aryl methyl sites for hydroxylation is 1. The molecule has 0 aliphatic rings. The molecule has 1 aromatic carbocycles. The topological polar surface area (TPSA) is 86.1 Å². The zero-order valence-electron chi connectivity index (χ0n) is 14.6. The highest BCUT2D eigenvalue weighted by atomic mass is 32.2. The second-order valence-corrected chi connectivity index (χ2v) is 7.39. The quantitative estimate of drug-likeness (QED) is 0.688. The number of pyridine rings is 1. The van der Waals surface area contributed by atoms with Crippen LogP contribution in [-0.4, -0.2) is 29.8 Å². The average Bonchev–Trinajstić information content (AvgIpc) is 3.08. The highest BCUT2D eigenvalue weighted by Crippen LogP contribution is 2.23. The molecule has 0 saturated heterocycles. The Bertz CT molecular complexity index is 982. The van der Waals surface area contributed by atoms with E-state index in [2.05, 4.69) is 14.8 Å². The second kappa shape index (κ2) is 7.67. The van der Waals surface area contributed by atoms with E-state index < -0.39 is 10.0 Å². The number of nitrogens with zero attached hydrogens (tertiary/aromatic N) is 3. The lowest BCUT2D eigenvalue weighted by Crippen LogP contribution is -2.24. The van der Waals surface area contributed by atoms with Crippen LogP contribution in [0.15, 0.2) is 59.9 Å². The minimum atomic E-state index is -3.69. The predicted molar refractivity (Wildman–Crippen MR) is 98.1 cm³/mol. The zero-order valence-corrected chi connectivity index (χ0v) is 15.4. The maximum atomic E-state index is 12.6. The Morgan fingerprint density at radius 2 is 1.96 bits per heavy atom. The highest BCUT2D eigenvalue weighted by Gasteiger charge is 2.18. The number of para-hydroxylation sites is 1. The summed E-state index contributed by atoms with van der Waals surface area (Å²) in [6.07, 6.45) is 5.25. The maximum absolute atomic E-state index is 12.6. The molecule has 0 amide bonds. The van der Waals surface area contributed by atoms with Crippen molar-refractivity contribution >= 4 is 10.0 Å². The first kappa shape index (κ1) is 18.1. The Morgan fingerprint density at radius 3 is 2.62 bits per heavy atom. The first-order chi connectivity index (χ1) is 12.5. The summed E-state index contributed by atoms with van der Waals surface area (Å²) in [5.74, 6) is 0.340. The van der Waals surface area contributed by atoms with E-state index in [1.54, 1.807) is 35.3 Å². The largest absolute Gasteiger partial charge is 0.492 e. The molecule has 0 fully saturated rings. The SMILES string of the molecule is CCOc1ccccc1S(=O)(=O)NCc1ccc(-c2cnn(C)c2)nc1. The molecule has 8 heteroatoms. The summed E-state index contributed by atoms with van der Waals surface area (Å²) in [6.45, 7) is 2.35. The molecule has 0 radical (unpaired) electrons. The van der Waals surface area contributed by atoms with Crippen molar-refractivity contribution in [3.63, 3.8) is 0 Å². The lowest BCUT2D eigenvalue weighted by atomic mass is 10.2. The van der Waals surface area contributed by atoms with Crippen LogP contribution in [0.5, 0.6) is 5.75 Å². The van der Waals surface area contributed by atoms with Gasteiger partial charge in [0, 0.05) is 31.5 Å². The Labute approximate surface area is 152 Å². The molecule has 3 rings (SSSR count). The van der Waals surface area contributed by atoms with Crippen molar-refractivity contribution < 1.29 is 13.2 Å². The fraction of sp³-hybridized carbons (Fsp3) is 0.222. The fourth-order valence-electron chi connectivity index (χ4n) is 2.46. The normalized spacial score (nSPS) is 11.5. The van der Waals surface area contributed by atoms with Crippen LogP contribution in [0.4, 0.5) is 0 Å². The maximum Gasteiger partial charge on any atom is 0.244 e. The van der Waals surface area contributed by atoms with Crippen LogP contribution >= 0.6 is 0 Å². The number of ether oxygens (including phenoxy) is 1. The summed E-state index contributed by atoms with van der Waals surface area (Å²) >= 11 is 0. The predicted octanol–water partition coefficient (Wildman–Crippen LogP) is 2.36. The van der Waals surface area contributed by atoms with Crippen LogP contribution in [0.2, 0.25) is 0 Å². The molecule has 0 aliphatic heterocycles. The van der Waals surface area contributed by atoms with E-state index in [-0.39, 0.29) is 11.4 Å². The van der Waals surface area contributed by atoms with Gasteiger partial charge in [-0.05, 0) is 30.7 Å². The fourth-order valence-corrected chi connectivity index (χ4v) is 3.62. The van der Waals surface area contributed by atoms with Gasteiger partial charge in [0.15, 0.2) is 0 Å². The van der Waals surface area contributed by atoms with E-state index in [9.17, 15) is 8.42 Å². The van der Waals surface area contributed by atoms with Gasteiger partial charge < -0.3 is 4.74 Å². The third-order valence-electron chi connectivity index (χ3n) is 3.73. The van der Waals surface area contributed by atoms with Crippen molar-refractivity contribution in [2.24, 2.45) is 7.05 Å². The van der Waals surface area contributed by atoms with Crippen molar-refractivity contribution in [3.05, 3.63) is 60.6 Å². The monoisotopic (exact) mass is 372 g/mol. The Balaban J connectivity index is 1.72. The van der Waals surface area contributed by atoms with Gasteiger partial charge in [-0.25, -0.2) is 13.1 Å². The van der Waals surface area contributed by atoms with Gasteiger partial charge in [0.25, 0.3) is 0 Å². The molecule has 0 aliphatic carbocycles. The lowest BCUT2D eigenvalue weighted by molar-refractivity contribution is 0.331. The third kappa shape index (κ3) is 4.09. The molecular formula is C18H20N4O3S. The number of hydrogen-bond donors (Lipinski definition) is 1. The van der Waals surface area contributed by atoms with Gasteiger partial charge in [-0.15, -0.1) is 0 Å². The first-order valence-corrected chi connectivity index (χ1v) is 9.63. The van der Waals surface area contributed by atoms with Gasteiger partial charge >= 0.3 is 0 Å². The van der Waals surface area contributed by atoms with E-state index >= 15 is 0 Å². The summed E-state index contributed by atoms with van der Waals surface area (Å²) in [4.78, 5) is 4.50. The van der Waals surface area contributed by atoms with Crippen molar-refractivity contribution in [2.75, 3.05) is 6.61 Å². The molecule has 136 valence electrons. The second-order valence-electron chi connectivity index (χ2n) is 5.66. The minimum Gasteiger partial charge on any atom is -0.492 e. The van der Waals surface area contributed by atoms with Gasteiger partial charge in [0.1, 0.15) is 10.6 Å². The summed E-state index contributed by atoms with van der Waals surface area (Å²) in [6, 6.07) is 10.3. The lowest BCUT2D eigenvalue weighted by Gasteiger charge is -2.11. The van der Waals surface area contributed by atoms with Crippen LogP contribution in [0.1, 0.15) is 12.5 Å². The van der Waals surface area contributed by atoms with Gasteiger partial charge in [0.05, 0.1) is 18.5 Å². The molecule has 1 N–H and O–H groups in total. The van der Waals surface area contributed by atoms with Gasteiger partial charge in [-0.1, -0.05) is 18.2 Å². The number of benzene rings is 1. The van der Waals surface area contributed by atoms with Crippen molar-refractivity contribution in [1.29, 1.82) is 0 Å². The van der Waals surface area contributed by atoms with E-state index in [1.807, 2.05) is 32.3 Å². The van der Waals surface area contributed by atoms with Crippen LogP contribution in [-0.2, 0) is 23.6 Å². The number of nitrogens with one attached hydrogen (secondary N) is 1.